The van der Waals surface area contributed by atoms with E-state index in [0.29, 0.717) is 0 Å². The third-order valence-corrected chi connectivity index (χ3v) is 3.66. The lowest BCUT2D eigenvalue weighted by Crippen LogP contribution is -2.32. The van der Waals surface area contributed by atoms with Crippen molar-refractivity contribution in [1.29, 1.82) is 0 Å². The zero-order valence-corrected chi connectivity index (χ0v) is 9.55. The first kappa shape index (κ1) is 8.52. The van der Waals surface area contributed by atoms with Gasteiger partial charge < -0.3 is 5.73 Å². The van der Waals surface area contributed by atoms with E-state index < -0.39 is 0 Å². The molecular formula is C6H11I2N. The average molecular weight is 351 g/mol. The Kier molecular flexibility index (Phi) is 3.04. The van der Waals surface area contributed by atoms with Gasteiger partial charge in [0.1, 0.15) is 1.55 Å². The zero-order valence-electron chi connectivity index (χ0n) is 5.24. The molecular weight excluding hydrogens is 340 g/mol. The van der Waals surface area contributed by atoms with Crippen LogP contribution in [0.3, 0.4) is 0 Å². The SMILES string of the molecule is NC(I)(I)C1CCCC1. The number of nitrogens with two attached hydrogens (primary N) is 1. The van der Waals surface area contributed by atoms with E-state index >= 15 is 0 Å². The Morgan fingerprint density at radius 3 is 1.89 bits per heavy atom. The number of rotatable bonds is 1. The molecule has 2 N–H and O–H groups in total. The van der Waals surface area contributed by atoms with E-state index in [1.165, 1.54) is 25.7 Å². The van der Waals surface area contributed by atoms with Gasteiger partial charge in [-0.2, -0.15) is 0 Å². The summed E-state index contributed by atoms with van der Waals surface area (Å²) in [4.78, 5) is 0. The highest BCUT2D eigenvalue weighted by Gasteiger charge is 2.30. The van der Waals surface area contributed by atoms with Crippen molar-refractivity contribution in [2.45, 2.75) is 27.2 Å². The van der Waals surface area contributed by atoms with Crippen LogP contribution in [0, 0.1) is 5.92 Å². The zero-order chi connectivity index (χ0) is 6.91. The van der Waals surface area contributed by atoms with E-state index in [-0.39, 0.29) is 1.55 Å². The van der Waals surface area contributed by atoms with Crippen molar-refractivity contribution >= 4 is 45.2 Å². The van der Waals surface area contributed by atoms with Gasteiger partial charge in [-0.15, -0.1) is 0 Å². The molecule has 1 aliphatic carbocycles. The average Bonchev–Trinajstić information content (AvgIpc) is 2.08. The van der Waals surface area contributed by atoms with Crippen molar-refractivity contribution in [2.75, 3.05) is 0 Å². The molecule has 0 bridgehead atoms. The van der Waals surface area contributed by atoms with Gasteiger partial charge in [-0.25, -0.2) is 0 Å². The van der Waals surface area contributed by atoms with Crippen LogP contribution in [0.4, 0.5) is 0 Å². The Morgan fingerprint density at radius 2 is 1.67 bits per heavy atom. The molecule has 0 heterocycles. The van der Waals surface area contributed by atoms with Crippen LogP contribution < -0.4 is 5.73 Å². The van der Waals surface area contributed by atoms with Crippen molar-refractivity contribution in [3.05, 3.63) is 0 Å². The molecule has 0 spiro atoms. The summed E-state index contributed by atoms with van der Waals surface area (Å²) in [5, 5.41) is 0. The Labute approximate surface area is 83.4 Å². The number of hydrogen-bond acceptors (Lipinski definition) is 1. The summed E-state index contributed by atoms with van der Waals surface area (Å²) in [6.45, 7) is 0. The van der Waals surface area contributed by atoms with Gasteiger partial charge in [0.15, 0.2) is 0 Å². The van der Waals surface area contributed by atoms with E-state index in [9.17, 15) is 0 Å². The van der Waals surface area contributed by atoms with Gasteiger partial charge in [-0.1, -0.05) is 12.8 Å². The maximum absolute atomic E-state index is 5.91. The van der Waals surface area contributed by atoms with Crippen LogP contribution in [-0.2, 0) is 0 Å². The number of hydrogen-bond donors (Lipinski definition) is 1. The molecule has 1 saturated carbocycles. The molecule has 0 radical (unpaired) electrons. The summed E-state index contributed by atoms with van der Waals surface area (Å²) in [6, 6.07) is 0. The Balaban J connectivity index is 2.42. The molecule has 0 amide bonds. The van der Waals surface area contributed by atoms with E-state index in [4.69, 9.17) is 5.73 Å². The van der Waals surface area contributed by atoms with Crippen molar-refractivity contribution in [3.8, 4) is 0 Å². The van der Waals surface area contributed by atoms with Gasteiger partial charge in [0, 0.05) is 0 Å². The third kappa shape index (κ3) is 2.49. The summed E-state index contributed by atoms with van der Waals surface area (Å²) in [6.07, 6.45) is 5.44. The minimum absolute atomic E-state index is 0.0199. The predicted molar refractivity (Wildman–Crippen MR) is 56.9 cm³/mol. The topological polar surface area (TPSA) is 26.0 Å². The lowest BCUT2D eigenvalue weighted by molar-refractivity contribution is 0.532. The highest BCUT2D eigenvalue weighted by Crippen LogP contribution is 2.40. The van der Waals surface area contributed by atoms with Crippen LogP contribution >= 0.6 is 45.2 Å². The third-order valence-electron chi connectivity index (χ3n) is 1.90. The molecule has 9 heavy (non-hydrogen) atoms. The minimum atomic E-state index is 0.0199. The first-order chi connectivity index (χ1) is 4.11. The second-order valence-electron chi connectivity index (χ2n) is 2.66. The van der Waals surface area contributed by atoms with Gasteiger partial charge >= 0.3 is 0 Å². The molecule has 1 nitrogen and oxygen atoms in total. The van der Waals surface area contributed by atoms with Gasteiger partial charge in [0.25, 0.3) is 0 Å². The largest absolute Gasteiger partial charge is 0.309 e. The molecule has 0 aromatic heterocycles. The van der Waals surface area contributed by atoms with Crippen LogP contribution in [0.1, 0.15) is 25.7 Å². The van der Waals surface area contributed by atoms with Crippen LogP contribution in [-0.4, -0.2) is 1.55 Å². The van der Waals surface area contributed by atoms with E-state index in [1.54, 1.807) is 0 Å². The second kappa shape index (κ2) is 3.21. The lowest BCUT2D eigenvalue weighted by atomic mass is 10.1. The Bertz CT molecular complexity index is 91.7. The van der Waals surface area contributed by atoms with Gasteiger partial charge in [-0.3, -0.25) is 0 Å². The summed E-state index contributed by atoms with van der Waals surface area (Å²) >= 11 is 4.69. The van der Waals surface area contributed by atoms with Gasteiger partial charge in [-0.05, 0) is 63.9 Å². The fraction of sp³-hybridized carbons (Fsp3) is 1.00. The van der Waals surface area contributed by atoms with Crippen LogP contribution in [0.25, 0.3) is 0 Å². The smallest absolute Gasteiger partial charge is 0.123 e. The summed E-state index contributed by atoms with van der Waals surface area (Å²) in [7, 11) is 0. The van der Waals surface area contributed by atoms with E-state index in [0.717, 1.165) is 5.92 Å². The maximum Gasteiger partial charge on any atom is 0.123 e. The van der Waals surface area contributed by atoms with Crippen LogP contribution in [0.2, 0.25) is 0 Å². The quantitative estimate of drug-likeness (QED) is 0.439. The molecule has 0 aliphatic heterocycles. The minimum Gasteiger partial charge on any atom is -0.309 e. The first-order valence-electron chi connectivity index (χ1n) is 3.27. The summed E-state index contributed by atoms with van der Waals surface area (Å²) in [5.41, 5.74) is 5.91. The predicted octanol–water partition coefficient (Wildman–Crippen LogP) is 2.66. The molecule has 0 saturated heterocycles. The highest BCUT2D eigenvalue weighted by molar-refractivity contribution is 14.2. The lowest BCUT2D eigenvalue weighted by Gasteiger charge is -2.21. The van der Waals surface area contributed by atoms with Gasteiger partial charge in [0.05, 0.1) is 0 Å². The van der Waals surface area contributed by atoms with Crippen molar-refractivity contribution in [2.24, 2.45) is 11.7 Å². The molecule has 3 heteroatoms. The van der Waals surface area contributed by atoms with Crippen molar-refractivity contribution < 1.29 is 0 Å². The molecule has 1 rings (SSSR count). The van der Waals surface area contributed by atoms with E-state index in [1.807, 2.05) is 0 Å². The molecule has 54 valence electrons. The molecule has 0 atom stereocenters. The first-order valence-corrected chi connectivity index (χ1v) is 5.43. The number of alkyl halides is 2. The molecule has 0 aromatic rings. The van der Waals surface area contributed by atoms with Crippen molar-refractivity contribution in [3.63, 3.8) is 0 Å². The standard InChI is InChI=1S/C6H11I2N/c7-6(8,9)5-3-1-2-4-5/h5H,1-4,9H2. The number of halogens is 2. The molecule has 0 unspecified atom stereocenters. The molecule has 1 aliphatic rings. The maximum atomic E-state index is 5.91. The van der Waals surface area contributed by atoms with Crippen LogP contribution in [0.5, 0.6) is 0 Å². The van der Waals surface area contributed by atoms with Crippen LogP contribution in [0.15, 0.2) is 0 Å². The fourth-order valence-corrected chi connectivity index (χ4v) is 2.56. The van der Waals surface area contributed by atoms with E-state index in [2.05, 4.69) is 45.2 Å². The van der Waals surface area contributed by atoms with Crippen molar-refractivity contribution in [1.82, 2.24) is 0 Å². The van der Waals surface area contributed by atoms with Gasteiger partial charge in [0.2, 0.25) is 0 Å². The fourth-order valence-electron chi connectivity index (χ4n) is 1.31. The summed E-state index contributed by atoms with van der Waals surface area (Å²) < 4.78 is 0.0199. The normalized spacial score (nSPS) is 23.0. The monoisotopic (exact) mass is 351 g/mol. The Hall–Kier alpha value is 1.42. The molecule has 0 aromatic carbocycles. The molecule has 1 fully saturated rings. The summed E-state index contributed by atoms with van der Waals surface area (Å²) in [5.74, 6) is 0.763. The highest BCUT2D eigenvalue weighted by atomic mass is 127. The Morgan fingerprint density at radius 1 is 1.22 bits per heavy atom. The second-order valence-corrected chi connectivity index (χ2v) is 8.29.